The van der Waals surface area contributed by atoms with Gasteiger partial charge in [0.25, 0.3) is 5.69 Å². The van der Waals surface area contributed by atoms with E-state index in [0.29, 0.717) is 11.3 Å². The molecule has 2 aromatic rings. The van der Waals surface area contributed by atoms with Gasteiger partial charge in [-0.1, -0.05) is 6.07 Å². The van der Waals surface area contributed by atoms with Gasteiger partial charge in [-0.3, -0.25) is 10.1 Å². The standard InChI is InChI=1S/C14H10FN3O3/c15-12-5-9(1-4-14(12)19)8-17-13-3-2-11(18(20)21)6-10(13)7-16/h1-6,17,19H,8H2. The van der Waals surface area contributed by atoms with Crippen molar-refractivity contribution in [2.24, 2.45) is 0 Å². The molecular weight excluding hydrogens is 277 g/mol. The van der Waals surface area contributed by atoms with Crippen LogP contribution in [0.15, 0.2) is 36.4 Å². The molecule has 0 aromatic heterocycles. The van der Waals surface area contributed by atoms with Crippen molar-refractivity contribution < 1.29 is 14.4 Å². The molecule has 0 spiro atoms. The molecule has 2 rings (SSSR count). The van der Waals surface area contributed by atoms with Crippen molar-refractivity contribution in [1.29, 1.82) is 5.26 Å². The van der Waals surface area contributed by atoms with Crippen molar-refractivity contribution in [3.63, 3.8) is 0 Å². The molecule has 0 aliphatic rings. The lowest BCUT2D eigenvalue weighted by atomic mass is 10.1. The number of aromatic hydroxyl groups is 1. The molecule has 7 heteroatoms. The minimum atomic E-state index is -0.737. The quantitative estimate of drug-likeness (QED) is 0.665. The third kappa shape index (κ3) is 3.25. The molecule has 21 heavy (non-hydrogen) atoms. The van der Waals surface area contributed by atoms with E-state index < -0.39 is 16.5 Å². The lowest BCUT2D eigenvalue weighted by Gasteiger charge is -2.08. The van der Waals surface area contributed by atoms with Crippen LogP contribution in [-0.4, -0.2) is 10.0 Å². The Morgan fingerprint density at radius 2 is 2.10 bits per heavy atom. The normalized spacial score (nSPS) is 9.90. The molecule has 2 aromatic carbocycles. The first-order chi connectivity index (χ1) is 10.0. The molecule has 0 radical (unpaired) electrons. The fourth-order valence-electron chi connectivity index (χ4n) is 1.75. The number of phenolic OH excluding ortho intramolecular Hbond substituents is 1. The molecule has 6 nitrogen and oxygen atoms in total. The maximum Gasteiger partial charge on any atom is 0.270 e. The van der Waals surface area contributed by atoms with Crippen molar-refractivity contribution in [3.8, 4) is 11.8 Å². The smallest absolute Gasteiger partial charge is 0.270 e. The second-order valence-electron chi connectivity index (χ2n) is 4.24. The predicted molar refractivity (Wildman–Crippen MR) is 73.2 cm³/mol. The van der Waals surface area contributed by atoms with Gasteiger partial charge in [-0.05, 0) is 23.8 Å². The Balaban J connectivity index is 2.18. The summed E-state index contributed by atoms with van der Waals surface area (Å²) in [5, 5.41) is 31.6. The summed E-state index contributed by atoms with van der Waals surface area (Å²) < 4.78 is 13.2. The van der Waals surface area contributed by atoms with Crippen LogP contribution in [0.5, 0.6) is 5.75 Å². The summed E-state index contributed by atoms with van der Waals surface area (Å²) in [6, 6.07) is 9.66. The summed E-state index contributed by atoms with van der Waals surface area (Å²) in [6.45, 7) is 0.212. The van der Waals surface area contributed by atoms with E-state index in [4.69, 9.17) is 10.4 Å². The summed E-state index contributed by atoms with van der Waals surface area (Å²) in [4.78, 5) is 10.1. The molecule has 0 bridgehead atoms. The highest BCUT2D eigenvalue weighted by molar-refractivity contribution is 5.61. The number of nitrogens with one attached hydrogen (secondary N) is 1. The van der Waals surface area contributed by atoms with E-state index in [1.807, 2.05) is 6.07 Å². The number of rotatable bonds is 4. The van der Waals surface area contributed by atoms with Gasteiger partial charge in [0.1, 0.15) is 6.07 Å². The molecule has 0 aliphatic heterocycles. The highest BCUT2D eigenvalue weighted by Crippen LogP contribution is 2.22. The van der Waals surface area contributed by atoms with E-state index in [1.165, 1.54) is 36.4 Å². The predicted octanol–water partition coefficient (Wildman–Crippen LogP) is 2.92. The van der Waals surface area contributed by atoms with Crippen molar-refractivity contribution >= 4 is 11.4 Å². The van der Waals surface area contributed by atoms with Gasteiger partial charge in [0.15, 0.2) is 11.6 Å². The molecule has 0 fully saturated rings. The molecule has 0 heterocycles. The van der Waals surface area contributed by atoms with Crippen LogP contribution in [0.25, 0.3) is 0 Å². The van der Waals surface area contributed by atoms with Crippen LogP contribution < -0.4 is 5.32 Å². The van der Waals surface area contributed by atoms with Crippen molar-refractivity contribution in [1.82, 2.24) is 0 Å². The van der Waals surface area contributed by atoms with Gasteiger partial charge in [0.05, 0.1) is 16.2 Å². The number of non-ortho nitro benzene ring substituents is 1. The largest absolute Gasteiger partial charge is 0.505 e. The minimum Gasteiger partial charge on any atom is -0.505 e. The number of halogens is 1. The van der Waals surface area contributed by atoms with Crippen LogP contribution in [0.4, 0.5) is 15.8 Å². The van der Waals surface area contributed by atoms with Gasteiger partial charge < -0.3 is 10.4 Å². The summed E-state index contributed by atoms with van der Waals surface area (Å²) in [5.74, 6) is -1.18. The number of nitriles is 1. The Kier molecular flexibility index (Phi) is 4.00. The second-order valence-corrected chi connectivity index (χ2v) is 4.24. The summed E-state index contributed by atoms with van der Waals surface area (Å²) in [5.41, 5.74) is 0.931. The van der Waals surface area contributed by atoms with Crippen LogP contribution in [0.1, 0.15) is 11.1 Å². The van der Waals surface area contributed by atoms with Gasteiger partial charge in [0, 0.05) is 18.7 Å². The van der Waals surface area contributed by atoms with E-state index in [-0.39, 0.29) is 17.8 Å². The topological polar surface area (TPSA) is 99.2 Å². The van der Waals surface area contributed by atoms with Gasteiger partial charge in [0.2, 0.25) is 0 Å². The highest BCUT2D eigenvalue weighted by Gasteiger charge is 2.10. The van der Waals surface area contributed by atoms with Crippen LogP contribution in [-0.2, 0) is 6.54 Å². The third-order valence-electron chi connectivity index (χ3n) is 2.83. The fourth-order valence-corrected chi connectivity index (χ4v) is 1.75. The molecule has 0 amide bonds. The van der Waals surface area contributed by atoms with Crippen molar-refractivity contribution in [2.45, 2.75) is 6.54 Å². The Bertz CT molecular complexity index is 741. The van der Waals surface area contributed by atoms with E-state index in [1.54, 1.807) is 0 Å². The lowest BCUT2D eigenvalue weighted by molar-refractivity contribution is -0.384. The fraction of sp³-hybridized carbons (Fsp3) is 0.0714. The maximum absolute atomic E-state index is 13.2. The molecular formula is C14H10FN3O3. The SMILES string of the molecule is N#Cc1cc([N+](=O)[O-])ccc1NCc1ccc(O)c(F)c1. The average molecular weight is 287 g/mol. The number of benzene rings is 2. The minimum absolute atomic E-state index is 0.128. The van der Waals surface area contributed by atoms with Crippen LogP contribution in [0, 0.1) is 27.3 Å². The maximum atomic E-state index is 13.2. The van der Waals surface area contributed by atoms with E-state index in [9.17, 15) is 14.5 Å². The highest BCUT2D eigenvalue weighted by atomic mass is 19.1. The van der Waals surface area contributed by atoms with Gasteiger partial charge >= 0.3 is 0 Å². The number of anilines is 1. The van der Waals surface area contributed by atoms with Crippen molar-refractivity contribution in [2.75, 3.05) is 5.32 Å². The van der Waals surface area contributed by atoms with E-state index in [2.05, 4.69) is 5.32 Å². The number of hydrogen-bond acceptors (Lipinski definition) is 5. The zero-order valence-electron chi connectivity index (χ0n) is 10.7. The van der Waals surface area contributed by atoms with Crippen molar-refractivity contribution in [3.05, 3.63) is 63.5 Å². The summed E-state index contributed by atoms with van der Waals surface area (Å²) in [6.07, 6.45) is 0. The first-order valence-corrected chi connectivity index (χ1v) is 5.91. The number of nitro groups is 1. The molecule has 2 N–H and O–H groups in total. The molecule has 0 unspecified atom stereocenters. The Labute approximate surface area is 119 Å². The average Bonchev–Trinajstić information content (AvgIpc) is 2.48. The Morgan fingerprint density at radius 1 is 1.33 bits per heavy atom. The number of nitro benzene ring substituents is 1. The van der Waals surface area contributed by atoms with E-state index in [0.717, 1.165) is 0 Å². The zero-order valence-corrected chi connectivity index (χ0v) is 10.7. The molecule has 0 atom stereocenters. The molecule has 106 valence electrons. The van der Waals surface area contributed by atoms with Gasteiger partial charge in [-0.2, -0.15) is 5.26 Å². The van der Waals surface area contributed by atoms with E-state index >= 15 is 0 Å². The zero-order chi connectivity index (χ0) is 15.4. The van der Waals surface area contributed by atoms with Crippen LogP contribution in [0.2, 0.25) is 0 Å². The van der Waals surface area contributed by atoms with Gasteiger partial charge in [-0.25, -0.2) is 4.39 Å². The molecule has 0 aliphatic carbocycles. The first kappa shape index (κ1) is 14.3. The number of phenols is 1. The summed E-state index contributed by atoms with van der Waals surface area (Å²) in [7, 11) is 0. The third-order valence-corrected chi connectivity index (χ3v) is 2.83. The molecule has 0 saturated carbocycles. The Hall–Kier alpha value is -3.14. The lowest BCUT2D eigenvalue weighted by Crippen LogP contribution is -2.02. The van der Waals surface area contributed by atoms with Crippen LogP contribution >= 0.6 is 0 Å². The monoisotopic (exact) mass is 287 g/mol. The molecule has 0 saturated heterocycles. The first-order valence-electron chi connectivity index (χ1n) is 5.91. The van der Waals surface area contributed by atoms with Gasteiger partial charge in [-0.15, -0.1) is 0 Å². The second kappa shape index (κ2) is 5.88. The number of nitrogens with zero attached hydrogens (tertiary/aromatic N) is 2. The van der Waals surface area contributed by atoms with Crippen LogP contribution in [0.3, 0.4) is 0 Å². The number of hydrogen-bond donors (Lipinski definition) is 2. The summed E-state index contributed by atoms with van der Waals surface area (Å²) >= 11 is 0. The Morgan fingerprint density at radius 3 is 2.71 bits per heavy atom.